The van der Waals surface area contributed by atoms with Crippen molar-refractivity contribution in [3.05, 3.63) is 9.63 Å². The number of hydrogen-bond donors (Lipinski definition) is 0. The maximum absolute atomic E-state index is 5.72. The van der Waals surface area contributed by atoms with Crippen LogP contribution in [0.2, 0.25) is 5.15 Å². The molecule has 0 aromatic carbocycles. The van der Waals surface area contributed by atoms with Gasteiger partial charge in [-0.2, -0.15) is 9.97 Å². The van der Waals surface area contributed by atoms with Crippen molar-refractivity contribution >= 4 is 27.5 Å². The van der Waals surface area contributed by atoms with Crippen molar-refractivity contribution in [1.29, 1.82) is 0 Å². The van der Waals surface area contributed by atoms with Gasteiger partial charge in [0, 0.05) is 0 Å². The topological polar surface area (TPSA) is 44.2 Å². The summed E-state index contributed by atoms with van der Waals surface area (Å²) in [5, 5.41) is 0.263. The summed E-state index contributed by atoms with van der Waals surface area (Å²) in [5.41, 5.74) is 0. The van der Waals surface area contributed by atoms with Gasteiger partial charge < -0.3 is 9.47 Å². The molecule has 4 nitrogen and oxygen atoms in total. The summed E-state index contributed by atoms with van der Waals surface area (Å²) >= 11 is 8.88. The van der Waals surface area contributed by atoms with E-state index in [4.69, 9.17) is 21.1 Å². The van der Waals surface area contributed by atoms with E-state index >= 15 is 0 Å². The molecule has 1 aromatic heterocycles. The first-order chi connectivity index (χ1) is 5.69. The van der Waals surface area contributed by atoms with Crippen LogP contribution in [0.1, 0.15) is 0 Å². The lowest BCUT2D eigenvalue weighted by Crippen LogP contribution is -1.96. The average Bonchev–Trinajstić information content (AvgIpc) is 2.09. The highest BCUT2D eigenvalue weighted by atomic mass is 79.9. The minimum absolute atomic E-state index is 0.181. The number of rotatable bonds is 2. The summed E-state index contributed by atoms with van der Waals surface area (Å²) in [5.74, 6) is 0.354. The van der Waals surface area contributed by atoms with Crippen LogP contribution in [0, 0.1) is 0 Å². The van der Waals surface area contributed by atoms with Crippen LogP contribution >= 0.6 is 27.5 Å². The summed E-state index contributed by atoms with van der Waals surface area (Å²) in [7, 11) is 2.95. The van der Waals surface area contributed by atoms with Gasteiger partial charge >= 0.3 is 6.01 Å². The maximum atomic E-state index is 5.72. The van der Waals surface area contributed by atoms with E-state index in [1.807, 2.05) is 0 Å². The maximum Gasteiger partial charge on any atom is 0.320 e. The Balaban J connectivity index is 3.19. The van der Waals surface area contributed by atoms with E-state index in [-0.39, 0.29) is 11.2 Å². The van der Waals surface area contributed by atoms with E-state index in [9.17, 15) is 0 Å². The standard InChI is InChI=1S/C6H6BrClN2O2/c1-11-5-3(7)4(8)9-6(10-5)12-2/h1-2H3. The van der Waals surface area contributed by atoms with Gasteiger partial charge in [-0.3, -0.25) is 0 Å². The van der Waals surface area contributed by atoms with Gasteiger partial charge in [0.25, 0.3) is 0 Å². The SMILES string of the molecule is COc1nc(Cl)c(Br)c(OC)n1. The molecular weight excluding hydrogens is 247 g/mol. The molecule has 0 radical (unpaired) electrons. The Morgan fingerprint density at radius 1 is 1.25 bits per heavy atom. The van der Waals surface area contributed by atoms with Crippen LogP contribution in [0.25, 0.3) is 0 Å². The Morgan fingerprint density at radius 3 is 2.42 bits per heavy atom. The molecule has 6 heteroatoms. The molecule has 1 heterocycles. The molecule has 0 aliphatic rings. The normalized spacial score (nSPS) is 9.67. The predicted molar refractivity (Wildman–Crippen MR) is 47.8 cm³/mol. The number of ether oxygens (including phenoxy) is 2. The fraction of sp³-hybridized carbons (Fsp3) is 0.333. The molecule has 0 aliphatic carbocycles. The lowest BCUT2D eigenvalue weighted by molar-refractivity contribution is 0.350. The van der Waals surface area contributed by atoms with Crippen LogP contribution in [0.15, 0.2) is 4.47 Å². The molecule has 66 valence electrons. The van der Waals surface area contributed by atoms with Crippen molar-refractivity contribution in [3.8, 4) is 11.9 Å². The zero-order valence-electron chi connectivity index (χ0n) is 6.47. The lowest BCUT2D eigenvalue weighted by Gasteiger charge is -2.04. The highest BCUT2D eigenvalue weighted by Gasteiger charge is 2.10. The summed E-state index contributed by atoms with van der Waals surface area (Å²) in [4.78, 5) is 7.69. The largest absolute Gasteiger partial charge is 0.480 e. The number of methoxy groups -OCH3 is 2. The van der Waals surface area contributed by atoms with Crippen LogP contribution in [0.5, 0.6) is 11.9 Å². The minimum Gasteiger partial charge on any atom is -0.480 e. The highest BCUT2D eigenvalue weighted by Crippen LogP contribution is 2.30. The van der Waals surface area contributed by atoms with Crippen molar-refractivity contribution in [2.45, 2.75) is 0 Å². The fourth-order valence-corrected chi connectivity index (χ4v) is 1.10. The number of aromatic nitrogens is 2. The second kappa shape index (κ2) is 3.91. The summed E-state index contributed by atoms with van der Waals surface area (Å²) in [6, 6.07) is 0.181. The van der Waals surface area contributed by atoms with Crippen LogP contribution in [-0.4, -0.2) is 24.2 Å². The van der Waals surface area contributed by atoms with E-state index in [0.29, 0.717) is 10.4 Å². The van der Waals surface area contributed by atoms with Crippen molar-refractivity contribution in [1.82, 2.24) is 9.97 Å². The van der Waals surface area contributed by atoms with E-state index in [2.05, 4.69) is 25.9 Å². The van der Waals surface area contributed by atoms with Crippen molar-refractivity contribution in [2.75, 3.05) is 14.2 Å². The Hall–Kier alpha value is -0.550. The molecule has 0 atom stereocenters. The van der Waals surface area contributed by atoms with E-state index < -0.39 is 0 Å². The molecule has 0 saturated carbocycles. The van der Waals surface area contributed by atoms with Gasteiger partial charge in [0.15, 0.2) is 5.15 Å². The van der Waals surface area contributed by atoms with Crippen molar-refractivity contribution < 1.29 is 9.47 Å². The molecule has 0 aliphatic heterocycles. The molecule has 0 N–H and O–H groups in total. The van der Waals surface area contributed by atoms with Gasteiger partial charge in [-0.1, -0.05) is 11.6 Å². The van der Waals surface area contributed by atoms with Crippen LogP contribution in [-0.2, 0) is 0 Å². The average molecular weight is 253 g/mol. The molecule has 0 amide bonds. The monoisotopic (exact) mass is 252 g/mol. The molecule has 12 heavy (non-hydrogen) atoms. The molecule has 0 bridgehead atoms. The van der Waals surface area contributed by atoms with Gasteiger partial charge in [-0.15, -0.1) is 0 Å². The highest BCUT2D eigenvalue weighted by molar-refractivity contribution is 9.10. The molecule has 1 rings (SSSR count). The molecule has 0 unspecified atom stereocenters. The van der Waals surface area contributed by atoms with Crippen LogP contribution in [0.3, 0.4) is 0 Å². The van der Waals surface area contributed by atoms with E-state index in [1.54, 1.807) is 0 Å². The zero-order chi connectivity index (χ0) is 9.14. The Kier molecular flexibility index (Phi) is 3.11. The van der Waals surface area contributed by atoms with Gasteiger partial charge in [-0.25, -0.2) is 0 Å². The van der Waals surface area contributed by atoms with Crippen molar-refractivity contribution in [2.24, 2.45) is 0 Å². The van der Waals surface area contributed by atoms with Gasteiger partial charge in [-0.05, 0) is 15.9 Å². The predicted octanol–water partition coefficient (Wildman–Crippen LogP) is 1.91. The third kappa shape index (κ3) is 1.78. The summed E-state index contributed by atoms with van der Waals surface area (Å²) < 4.78 is 10.2. The Bertz CT molecular complexity index is 295. The third-order valence-corrected chi connectivity index (χ3v) is 2.35. The molecule has 1 aromatic rings. The first-order valence-electron chi connectivity index (χ1n) is 3.00. The second-order valence-electron chi connectivity index (χ2n) is 1.82. The van der Waals surface area contributed by atoms with E-state index in [1.165, 1.54) is 14.2 Å². The molecule has 0 fully saturated rings. The number of hydrogen-bond acceptors (Lipinski definition) is 4. The van der Waals surface area contributed by atoms with Gasteiger partial charge in [0.2, 0.25) is 5.88 Å². The smallest absolute Gasteiger partial charge is 0.320 e. The number of halogens is 2. The third-order valence-electron chi connectivity index (χ3n) is 1.14. The minimum atomic E-state index is 0.181. The number of nitrogens with zero attached hydrogens (tertiary/aromatic N) is 2. The van der Waals surface area contributed by atoms with Crippen molar-refractivity contribution in [3.63, 3.8) is 0 Å². The first kappa shape index (κ1) is 9.54. The first-order valence-corrected chi connectivity index (χ1v) is 4.17. The van der Waals surface area contributed by atoms with Crippen LogP contribution in [0.4, 0.5) is 0 Å². The van der Waals surface area contributed by atoms with E-state index in [0.717, 1.165) is 0 Å². The zero-order valence-corrected chi connectivity index (χ0v) is 8.81. The molecule has 0 saturated heterocycles. The second-order valence-corrected chi connectivity index (χ2v) is 2.98. The Labute approximate surface area is 83.0 Å². The van der Waals surface area contributed by atoms with Gasteiger partial charge in [0.1, 0.15) is 4.47 Å². The van der Waals surface area contributed by atoms with Gasteiger partial charge in [0.05, 0.1) is 14.2 Å². The Morgan fingerprint density at radius 2 is 1.92 bits per heavy atom. The lowest BCUT2D eigenvalue weighted by atomic mass is 10.6. The summed E-state index contributed by atoms with van der Waals surface area (Å²) in [6.07, 6.45) is 0. The quantitative estimate of drug-likeness (QED) is 0.755. The fourth-order valence-electron chi connectivity index (χ4n) is 0.609. The molecular formula is C6H6BrClN2O2. The summed E-state index contributed by atoms with van der Waals surface area (Å²) in [6.45, 7) is 0. The van der Waals surface area contributed by atoms with Crippen LogP contribution < -0.4 is 9.47 Å². The molecule has 0 spiro atoms.